The van der Waals surface area contributed by atoms with E-state index in [4.69, 9.17) is 14.3 Å². The molecule has 0 aliphatic carbocycles. The molecule has 0 radical (unpaired) electrons. The van der Waals surface area contributed by atoms with Crippen LogP contribution in [0.2, 0.25) is 0 Å². The first-order valence-corrected chi connectivity index (χ1v) is 5.97. The van der Waals surface area contributed by atoms with Crippen molar-refractivity contribution in [2.24, 2.45) is 5.10 Å². The molecule has 0 saturated carbocycles. The van der Waals surface area contributed by atoms with Gasteiger partial charge in [-0.1, -0.05) is 12.1 Å². The lowest BCUT2D eigenvalue weighted by atomic mass is 10.2. The largest absolute Gasteiger partial charge is 0.481 e. The van der Waals surface area contributed by atoms with Crippen molar-refractivity contribution >= 4 is 18.1 Å². The number of aliphatic carboxylic acids is 1. The Kier molecular flexibility index (Phi) is 4.70. The number of benzene rings is 1. The van der Waals surface area contributed by atoms with Gasteiger partial charge in [-0.3, -0.25) is 4.79 Å². The number of carbonyl (C=O) groups excluding carboxylic acids is 1. The molecular weight excluding hydrogens is 276 g/mol. The molecule has 108 valence electrons. The zero-order chi connectivity index (χ0) is 15.1. The summed E-state index contributed by atoms with van der Waals surface area (Å²) in [4.78, 5) is 22.1. The van der Waals surface area contributed by atoms with Crippen molar-refractivity contribution in [3.8, 4) is 5.75 Å². The molecule has 7 nitrogen and oxygen atoms in total. The van der Waals surface area contributed by atoms with Gasteiger partial charge in [0.15, 0.2) is 12.4 Å². The van der Waals surface area contributed by atoms with Crippen molar-refractivity contribution in [1.29, 1.82) is 0 Å². The Labute approximate surface area is 119 Å². The number of carboxylic acid groups (broad SMARTS) is 1. The van der Waals surface area contributed by atoms with Crippen molar-refractivity contribution in [3.63, 3.8) is 0 Å². The molecule has 0 unspecified atom stereocenters. The van der Waals surface area contributed by atoms with Gasteiger partial charge in [0.05, 0.1) is 12.5 Å². The van der Waals surface area contributed by atoms with Crippen molar-refractivity contribution in [3.05, 3.63) is 54.0 Å². The first kappa shape index (κ1) is 14.3. The van der Waals surface area contributed by atoms with Gasteiger partial charge >= 0.3 is 11.9 Å². The number of hydrogen-bond donors (Lipinski definition) is 2. The molecule has 1 amide bonds. The van der Waals surface area contributed by atoms with E-state index >= 15 is 0 Å². The maximum atomic E-state index is 11.6. The maximum Gasteiger partial charge on any atom is 0.341 e. The SMILES string of the molecule is O=C(O)COc1ccccc1/C=N/NC(=O)c1ccco1. The molecule has 0 atom stereocenters. The summed E-state index contributed by atoms with van der Waals surface area (Å²) in [6, 6.07) is 9.83. The van der Waals surface area contributed by atoms with Crippen LogP contribution in [0.15, 0.2) is 52.2 Å². The number of amides is 1. The van der Waals surface area contributed by atoms with Crippen molar-refractivity contribution in [2.75, 3.05) is 6.61 Å². The molecule has 0 spiro atoms. The minimum absolute atomic E-state index is 0.141. The zero-order valence-corrected chi connectivity index (χ0v) is 10.9. The lowest BCUT2D eigenvalue weighted by Crippen LogP contribution is -2.17. The number of furan rings is 1. The van der Waals surface area contributed by atoms with E-state index in [-0.39, 0.29) is 5.76 Å². The average Bonchev–Trinajstić information content (AvgIpc) is 3.00. The van der Waals surface area contributed by atoms with Crippen molar-refractivity contribution < 1.29 is 23.8 Å². The number of para-hydroxylation sites is 1. The minimum atomic E-state index is -1.08. The highest BCUT2D eigenvalue weighted by molar-refractivity contribution is 5.92. The number of nitrogens with zero attached hydrogens (tertiary/aromatic N) is 1. The van der Waals surface area contributed by atoms with Gasteiger partial charge in [0.25, 0.3) is 0 Å². The standard InChI is InChI=1S/C14H12N2O5/c17-13(18)9-21-11-5-2-1-4-10(11)8-15-16-14(19)12-6-3-7-20-12/h1-8H,9H2,(H,16,19)(H,17,18)/b15-8+. The van der Waals surface area contributed by atoms with Crippen molar-refractivity contribution in [1.82, 2.24) is 5.43 Å². The second kappa shape index (κ2) is 6.90. The Hall–Kier alpha value is -3.09. The Balaban J connectivity index is 2.00. The molecule has 0 saturated heterocycles. The monoisotopic (exact) mass is 288 g/mol. The predicted octanol–water partition coefficient (Wildman–Crippen LogP) is 1.51. The molecule has 0 aliphatic rings. The lowest BCUT2D eigenvalue weighted by molar-refractivity contribution is -0.139. The fourth-order valence-corrected chi connectivity index (χ4v) is 1.48. The summed E-state index contributed by atoms with van der Waals surface area (Å²) in [6.07, 6.45) is 2.74. The molecule has 1 heterocycles. The summed E-state index contributed by atoms with van der Waals surface area (Å²) in [6.45, 7) is -0.455. The van der Waals surface area contributed by atoms with E-state index in [2.05, 4.69) is 10.5 Å². The second-order valence-electron chi connectivity index (χ2n) is 3.90. The third kappa shape index (κ3) is 4.20. The van der Waals surface area contributed by atoms with Gasteiger partial charge in [0.1, 0.15) is 5.75 Å². The number of carbonyl (C=O) groups is 2. The van der Waals surface area contributed by atoms with Gasteiger partial charge in [-0.15, -0.1) is 0 Å². The smallest absolute Gasteiger partial charge is 0.341 e. The Morgan fingerprint density at radius 3 is 2.81 bits per heavy atom. The summed E-state index contributed by atoms with van der Waals surface area (Å²) >= 11 is 0. The molecule has 2 aromatic rings. The topological polar surface area (TPSA) is 101 Å². The summed E-state index contributed by atoms with van der Waals surface area (Å²) in [5.41, 5.74) is 2.83. The van der Waals surface area contributed by atoms with Crippen LogP contribution in [0.3, 0.4) is 0 Å². The van der Waals surface area contributed by atoms with E-state index in [0.29, 0.717) is 11.3 Å². The van der Waals surface area contributed by atoms with Crippen LogP contribution in [0.1, 0.15) is 16.1 Å². The van der Waals surface area contributed by atoms with Gasteiger partial charge < -0.3 is 14.3 Å². The molecule has 0 aliphatic heterocycles. The summed E-state index contributed by atoms with van der Waals surface area (Å²) in [5.74, 6) is -1.06. The first-order chi connectivity index (χ1) is 10.2. The predicted molar refractivity (Wildman–Crippen MR) is 73.3 cm³/mol. The van der Waals surface area contributed by atoms with Gasteiger partial charge in [-0.05, 0) is 24.3 Å². The van der Waals surface area contributed by atoms with E-state index in [1.807, 2.05) is 0 Å². The van der Waals surface area contributed by atoms with Crippen LogP contribution in [0.25, 0.3) is 0 Å². The third-order valence-electron chi connectivity index (χ3n) is 2.38. The van der Waals surface area contributed by atoms with Crippen LogP contribution >= 0.6 is 0 Å². The van der Waals surface area contributed by atoms with E-state index in [9.17, 15) is 9.59 Å². The van der Waals surface area contributed by atoms with E-state index in [1.165, 1.54) is 18.5 Å². The zero-order valence-electron chi connectivity index (χ0n) is 10.9. The molecule has 2 N–H and O–H groups in total. The number of rotatable bonds is 6. The maximum absolute atomic E-state index is 11.6. The number of ether oxygens (including phenoxy) is 1. The van der Waals surface area contributed by atoms with Crippen LogP contribution in [0.4, 0.5) is 0 Å². The summed E-state index contributed by atoms with van der Waals surface area (Å²) < 4.78 is 10.0. The number of carboxylic acids is 1. The van der Waals surface area contributed by atoms with Gasteiger partial charge in [-0.2, -0.15) is 5.10 Å². The third-order valence-corrected chi connectivity index (χ3v) is 2.38. The highest BCUT2D eigenvalue weighted by atomic mass is 16.5. The molecule has 1 aromatic heterocycles. The molecule has 1 aromatic carbocycles. The van der Waals surface area contributed by atoms with Crippen LogP contribution < -0.4 is 10.2 Å². The van der Waals surface area contributed by atoms with Crippen LogP contribution in [-0.4, -0.2) is 29.8 Å². The lowest BCUT2D eigenvalue weighted by Gasteiger charge is -2.05. The normalized spacial score (nSPS) is 10.5. The van der Waals surface area contributed by atoms with Crippen LogP contribution in [0, 0.1) is 0 Å². The number of nitrogens with one attached hydrogen (secondary N) is 1. The molecule has 7 heteroatoms. The fourth-order valence-electron chi connectivity index (χ4n) is 1.48. The minimum Gasteiger partial charge on any atom is -0.481 e. The van der Waals surface area contributed by atoms with Gasteiger partial charge in [0, 0.05) is 5.56 Å². The average molecular weight is 288 g/mol. The number of hydrogen-bond acceptors (Lipinski definition) is 5. The molecule has 0 bridgehead atoms. The summed E-state index contributed by atoms with van der Waals surface area (Å²) in [5, 5.41) is 12.4. The highest BCUT2D eigenvalue weighted by Gasteiger charge is 2.07. The van der Waals surface area contributed by atoms with E-state index in [1.54, 1.807) is 30.3 Å². The Morgan fingerprint density at radius 2 is 2.10 bits per heavy atom. The second-order valence-corrected chi connectivity index (χ2v) is 3.90. The quantitative estimate of drug-likeness (QED) is 0.619. The molecule has 0 fully saturated rings. The molecular formula is C14H12N2O5. The first-order valence-electron chi connectivity index (χ1n) is 5.97. The van der Waals surface area contributed by atoms with Gasteiger partial charge in [0.2, 0.25) is 0 Å². The van der Waals surface area contributed by atoms with Crippen LogP contribution in [-0.2, 0) is 4.79 Å². The molecule has 2 rings (SSSR count). The summed E-state index contributed by atoms with van der Waals surface area (Å²) in [7, 11) is 0. The Bertz CT molecular complexity index is 649. The Morgan fingerprint density at radius 1 is 1.29 bits per heavy atom. The van der Waals surface area contributed by atoms with E-state index in [0.717, 1.165) is 0 Å². The molecule has 21 heavy (non-hydrogen) atoms. The van der Waals surface area contributed by atoms with Gasteiger partial charge in [-0.25, -0.2) is 10.2 Å². The fraction of sp³-hybridized carbons (Fsp3) is 0.0714. The van der Waals surface area contributed by atoms with Crippen LogP contribution in [0.5, 0.6) is 5.75 Å². The van der Waals surface area contributed by atoms with E-state index < -0.39 is 18.5 Å². The number of hydrazone groups is 1. The van der Waals surface area contributed by atoms with Crippen molar-refractivity contribution in [2.45, 2.75) is 0 Å². The highest BCUT2D eigenvalue weighted by Crippen LogP contribution is 2.15.